The van der Waals surface area contributed by atoms with Crippen LogP contribution in [-0.4, -0.2) is 49.2 Å². The standard InChI is InChI=1S/C22H26ClNO4/c1-24-6-7-27-21-5-2-14(9-20(21)24)8-16-10-15(3-4-19(16)23)22-12-17(26)11-18(13-25)28-22/h2-5,9-10,17-18,22,25-26H,6-8,11-13H2,1H3. The second-order valence-electron chi connectivity index (χ2n) is 7.65. The molecule has 2 heterocycles. The number of hydrogen-bond donors (Lipinski definition) is 2. The second kappa shape index (κ2) is 8.29. The molecule has 0 aliphatic carbocycles. The monoisotopic (exact) mass is 403 g/mol. The summed E-state index contributed by atoms with van der Waals surface area (Å²) in [5.41, 5.74) is 4.26. The largest absolute Gasteiger partial charge is 0.490 e. The number of aliphatic hydroxyl groups is 2. The summed E-state index contributed by atoms with van der Waals surface area (Å²) in [6, 6.07) is 12.1. The molecule has 5 nitrogen and oxygen atoms in total. The molecule has 6 heteroatoms. The summed E-state index contributed by atoms with van der Waals surface area (Å²) in [5, 5.41) is 20.2. The molecule has 3 unspecified atom stereocenters. The van der Waals surface area contributed by atoms with E-state index < -0.39 is 6.10 Å². The molecule has 150 valence electrons. The number of ether oxygens (including phenoxy) is 2. The average Bonchev–Trinajstić information content (AvgIpc) is 2.70. The molecule has 2 aromatic carbocycles. The first kappa shape index (κ1) is 19.5. The first-order valence-electron chi connectivity index (χ1n) is 9.73. The highest BCUT2D eigenvalue weighted by Crippen LogP contribution is 2.35. The third-order valence-electron chi connectivity index (χ3n) is 5.54. The van der Waals surface area contributed by atoms with Crippen LogP contribution in [-0.2, 0) is 11.2 Å². The minimum absolute atomic E-state index is 0.0846. The fourth-order valence-electron chi connectivity index (χ4n) is 3.98. The molecule has 2 N–H and O–H groups in total. The van der Waals surface area contributed by atoms with E-state index in [-0.39, 0.29) is 18.8 Å². The number of rotatable bonds is 4. The quantitative estimate of drug-likeness (QED) is 0.819. The van der Waals surface area contributed by atoms with Crippen molar-refractivity contribution >= 4 is 17.3 Å². The van der Waals surface area contributed by atoms with E-state index >= 15 is 0 Å². The Balaban J connectivity index is 1.57. The van der Waals surface area contributed by atoms with Crippen molar-refractivity contribution in [1.82, 2.24) is 0 Å². The number of aliphatic hydroxyl groups excluding tert-OH is 2. The summed E-state index contributed by atoms with van der Waals surface area (Å²) in [5.74, 6) is 0.914. The Bertz CT molecular complexity index is 843. The molecule has 0 bridgehead atoms. The molecule has 1 fully saturated rings. The van der Waals surface area contributed by atoms with Crippen molar-refractivity contribution in [2.24, 2.45) is 0 Å². The van der Waals surface area contributed by atoms with Gasteiger partial charge in [0.15, 0.2) is 0 Å². The van der Waals surface area contributed by atoms with Gasteiger partial charge in [0.1, 0.15) is 12.4 Å². The van der Waals surface area contributed by atoms with Gasteiger partial charge in [0.25, 0.3) is 0 Å². The van der Waals surface area contributed by atoms with E-state index in [1.165, 1.54) is 0 Å². The van der Waals surface area contributed by atoms with Gasteiger partial charge in [-0.3, -0.25) is 0 Å². The van der Waals surface area contributed by atoms with Crippen molar-refractivity contribution in [3.05, 3.63) is 58.1 Å². The third-order valence-corrected chi connectivity index (χ3v) is 5.91. The van der Waals surface area contributed by atoms with E-state index in [0.717, 1.165) is 34.7 Å². The third kappa shape index (κ3) is 4.13. The number of halogens is 1. The summed E-state index contributed by atoms with van der Waals surface area (Å²) < 4.78 is 11.7. The Labute approximate surface area is 170 Å². The van der Waals surface area contributed by atoms with Crippen LogP contribution in [0.15, 0.2) is 36.4 Å². The molecule has 2 aliphatic heterocycles. The SMILES string of the molecule is CN1CCOc2ccc(Cc3cc(C4CC(O)CC(CO)O4)ccc3Cl)cc21. The molecule has 1 saturated heterocycles. The average molecular weight is 404 g/mol. The molecule has 3 atom stereocenters. The van der Waals surface area contributed by atoms with Crippen LogP contribution in [0.3, 0.4) is 0 Å². The van der Waals surface area contributed by atoms with Crippen LogP contribution in [0.4, 0.5) is 5.69 Å². The zero-order valence-electron chi connectivity index (χ0n) is 16.0. The van der Waals surface area contributed by atoms with Crippen molar-refractivity contribution in [3.8, 4) is 5.75 Å². The lowest BCUT2D eigenvalue weighted by atomic mass is 9.94. The fourth-order valence-corrected chi connectivity index (χ4v) is 4.16. The second-order valence-corrected chi connectivity index (χ2v) is 8.06. The van der Waals surface area contributed by atoms with Gasteiger partial charge in [-0.2, -0.15) is 0 Å². The summed E-state index contributed by atoms with van der Waals surface area (Å²) in [6.45, 7) is 1.50. The summed E-state index contributed by atoms with van der Waals surface area (Å²) in [6.07, 6.45) is 0.665. The molecule has 2 aromatic rings. The van der Waals surface area contributed by atoms with Gasteiger partial charge in [0.2, 0.25) is 0 Å². The van der Waals surface area contributed by atoms with Gasteiger partial charge >= 0.3 is 0 Å². The Morgan fingerprint density at radius 2 is 2.04 bits per heavy atom. The number of benzene rings is 2. The van der Waals surface area contributed by atoms with Crippen LogP contribution in [0.1, 0.15) is 35.6 Å². The van der Waals surface area contributed by atoms with Gasteiger partial charge in [-0.1, -0.05) is 29.8 Å². The van der Waals surface area contributed by atoms with Crippen LogP contribution in [0, 0.1) is 0 Å². The zero-order valence-corrected chi connectivity index (χ0v) is 16.7. The van der Waals surface area contributed by atoms with Gasteiger partial charge in [0.05, 0.1) is 37.2 Å². The zero-order chi connectivity index (χ0) is 19.7. The molecule has 28 heavy (non-hydrogen) atoms. The van der Waals surface area contributed by atoms with Crippen LogP contribution >= 0.6 is 11.6 Å². The molecule has 4 rings (SSSR count). The van der Waals surface area contributed by atoms with Crippen molar-refractivity contribution in [1.29, 1.82) is 0 Å². The molecular formula is C22H26ClNO4. The van der Waals surface area contributed by atoms with Crippen molar-refractivity contribution in [3.63, 3.8) is 0 Å². The van der Waals surface area contributed by atoms with E-state index in [2.05, 4.69) is 30.1 Å². The minimum atomic E-state index is -0.466. The molecule has 0 amide bonds. The lowest BCUT2D eigenvalue weighted by Crippen LogP contribution is -2.33. The van der Waals surface area contributed by atoms with Gasteiger partial charge in [-0.05, 0) is 41.3 Å². The first-order valence-corrected chi connectivity index (χ1v) is 10.1. The minimum Gasteiger partial charge on any atom is -0.490 e. The maximum atomic E-state index is 10.1. The topological polar surface area (TPSA) is 62.2 Å². The van der Waals surface area contributed by atoms with Gasteiger partial charge in [-0.25, -0.2) is 0 Å². The van der Waals surface area contributed by atoms with Crippen molar-refractivity contribution in [2.45, 2.75) is 37.6 Å². The number of anilines is 1. The number of likely N-dealkylation sites (N-methyl/N-ethyl adjacent to an activating group) is 1. The van der Waals surface area contributed by atoms with E-state index in [9.17, 15) is 10.2 Å². The first-order chi connectivity index (χ1) is 13.5. The van der Waals surface area contributed by atoms with Crippen LogP contribution in [0.2, 0.25) is 5.02 Å². The summed E-state index contributed by atoms with van der Waals surface area (Å²) >= 11 is 6.48. The number of hydrogen-bond acceptors (Lipinski definition) is 5. The van der Waals surface area contributed by atoms with Gasteiger partial charge in [0, 0.05) is 24.9 Å². The Morgan fingerprint density at radius 3 is 2.86 bits per heavy atom. The molecule has 0 saturated carbocycles. The molecular weight excluding hydrogens is 378 g/mol. The van der Waals surface area contributed by atoms with E-state index in [1.54, 1.807) is 0 Å². The highest BCUT2D eigenvalue weighted by Gasteiger charge is 2.29. The predicted octanol–water partition coefficient (Wildman–Crippen LogP) is 3.33. The smallest absolute Gasteiger partial charge is 0.142 e. The summed E-state index contributed by atoms with van der Waals surface area (Å²) in [4.78, 5) is 2.20. The van der Waals surface area contributed by atoms with Gasteiger partial charge < -0.3 is 24.6 Å². The summed E-state index contributed by atoms with van der Waals surface area (Å²) in [7, 11) is 2.07. The normalized spacial score (nSPS) is 24.6. The predicted molar refractivity (Wildman–Crippen MR) is 109 cm³/mol. The Kier molecular flexibility index (Phi) is 5.78. The van der Waals surface area contributed by atoms with Crippen LogP contribution in [0.5, 0.6) is 5.75 Å². The van der Waals surface area contributed by atoms with Crippen molar-refractivity contribution < 1.29 is 19.7 Å². The highest BCUT2D eigenvalue weighted by atomic mass is 35.5. The Hall–Kier alpha value is -1.79. The molecule has 2 aliphatic rings. The van der Waals surface area contributed by atoms with Gasteiger partial charge in [-0.15, -0.1) is 0 Å². The van der Waals surface area contributed by atoms with Crippen LogP contribution < -0.4 is 9.64 Å². The van der Waals surface area contributed by atoms with E-state index in [1.807, 2.05) is 18.2 Å². The van der Waals surface area contributed by atoms with E-state index in [4.69, 9.17) is 21.1 Å². The molecule has 0 spiro atoms. The maximum Gasteiger partial charge on any atom is 0.142 e. The fraction of sp³-hybridized carbons (Fsp3) is 0.455. The maximum absolute atomic E-state index is 10.1. The molecule has 0 radical (unpaired) electrons. The van der Waals surface area contributed by atoms with Crippen LogP contribution in [0.25, 0.3) is 0 Å². The molecule has 0 aromatic heterocycles. The van der Waals surface area contributed by atoms with E-state index in [0.29, 0.717) is 30.9 Å². The number of nitrogens with zero attached hydrogens (tertiary/aromatic N) is 1. The lowest BCUT2D eigenvalue weighted by Gasteiger charge is -2.32. The Morgan fingerprint density at radius 1 is 1.18 bits per heavy atom. The highest BCUT2D eigenvalue weighted by molar-refractivity contribution is 6.31. The van der Waals surface area contributed by atoms with Crippen molar-refractivity contribution in [2.75, 3.05) is 31.7 Å². The lowest BCUT2D eigenvalue weighted by molar-refractivity contribution is -0.113. The number of fused-ring (bicyclic) bond motifs is 1.